The van der Waals surface area contributed by atoms with Gasteiger partial charge in [-0.1, -0.05) is 170 Å². The van der Waals surface area contributed by atoms with Crippen LogP contribution in [0.1, 0.15) is 0 Å². The first-order chi connectivity index (χ1) is 26.2. The normalized spacial score (nSPS) is 11.4. The Balaban J connectivity index is 1.08. The van der Waals surface area contributed by atoms with Gasteiger partial charge in [-0.05, 0) is 62.4 Å². The van der Waals surface area contributed by atoms with Crippen molar-refractivity contribution in [2.75, 3.05) is 0 Å². The Morgan fingerprint density at radius 2 is 0.811 bits per heavy atom. The zero-order chi connectivity index (χ0) is 35.1. The molecule has 53 heavy (non-hydrogen) atoms. The van der Waals surface area contributed by atoms with Gasteiger partial charge in [-0.2, -0.15) is 0 Å². The second-order valence-corrected chi connectivity index (χ2v) is 13.2. The summed E-state index contributed by atoms with van der Waals surface area (Å²) in [6.45, 7) is 0. The molecule has 0 amide bonds. The molecule has 0 unspecified atom stereocenters. The number of para-hydroxylation sites is 1. The highest BCUT2D eigenvalue weighted by molar-refractivity contribution is 6.13. The molecule has 10 rings (SSSR count). The highest BCUT2D eigenvalue weighted by atomic mass is 16.3. The molecule has 0 aliphatic heterocycles. The molecule has 0 fully saturated rings. The number of rotatable bonds is 6. The SMILES string of the molecule is c1ccc(-c2nc(-c3ccccc3)nc(-c3cc(-c4ccc(-c5ccc(-c6cccc7ccccc67)cc5)cc4)cc4oc5ccccc5c34)n2)cc1. The number of benzene rings is 8. The molecule has 0 spiro atoms. The number of hydrogen-bond acceptors (Lipinski definition) is 4. The number of furan rings is 1. The van der Waals surface area contributed by atoms with Crippen LogP contribution in [0.2, 0.25) is 0 Å². The van der Waals surface area contributed by atoms with Gasteiger partial charge in [0.2, 0.25) is 0 Å². The summed E-state index contributed by atoms with van der Waals surface area (Å²) in [5, 5.41) is 4.51. The molecule has 0 aliphatic rings. The highest BCUT2D eigenvalue weighted by Gasteiger charge is 2.20. The molecule has 0 N–H and O–H groups in total. The van der Waals surface area contributed by atoms with Crippen LogP contribution in [0.4, 0.5) is 0 Å². The van der Waals surface area contributed by atoms with Crippen LogP contribution in [0.5, 0.6) is 0 Å². The van der Waals surface area contributed by atoms with Crippen LogP contribution in [0.15, 0.2) is 192 Å². The zero-order valence-corrected chi connectivity index (χ0v) is 28.6. The van der Waals surface area contributed by atoms with Crippen LogP contribution in [0.25, 0.3) is 100 Å². The van der Waals surface area contributed by atoms with Crippen molar-refractivity contribution >= 4 is 32.7 Å². The minimum Gasteiger partial charge on any atom is -0.456 e. The van der Waals surface area contributed by atoms with Crippen LogP contribution in [0.3, 0.4) is 0 Å². The van der Waals surface area contributed by atoms with E-state index < -0.39 is 0 Å². The van der Waals surface area contributed by atoms with Crippen LogP contribution in [-0.2, 0) is 0 Å². The standard InChI is InChI=1S/C49H31N3O/c1-3-13-37(14-4-1)47-50-48(38-15-5-2-6-16-38)52-49(51-47)43-30-39(31-45-46(43)42-19-9-10-21-44(42)53-45)34-24-22-32(23-25-34)33-26-28-36(29-27-33)41-20-11-17-35-12-7-8-18-40(35)41/h1-31H. The van der Waals surface area contributed by atoms with Gasteiger partial charge in [0.1, 0.15) is 11.2 Å². The van der Waals surface area contributed by atoms with Crippen molar-refractivity contribution in [3.05, 3.63) is 188 Å². The van der Waals surface area contributed by atoms with Gasteiger partial charge in [-0.3, -0.25) is 0 Å². The van der Waals surface area contributed by atoms with E-state index in [9.17, 15) is 0 Å². The fourth-order valence-corrected chi connectivity index (χ4v) is 7.30. The average molecular weight is 678 g/mol. The van der Waals surface area contributed by atoms with E-state index in [0.717, 1.165) is 55.3 Å². The minimum atomic E-state index is 0.596. The number of hydrogen-bond donors (Lipinski definition) is 0. The first kappa shape index (κ1) is 30.6. The van der Waals surface area contributed by atoms with Gasteiger partial charge in [0, 0.05) is 27.5 Å². The Kier molecular flexibility index (Phi) is 7.43. The zero-order valence-electron chi connectivity index (χ0n) is 28.6. The fourth-order valence-electron chi connectivity index (χ4n) is 7.30. The Labute approximate surface area is 306 Å². The predicted molar refractivity (Wildman–Crippen MR) is 217 cm³/mol. The van der Waals surface area contributed by atoms with Crippen molar-refractivity contribution in [2.45, 2.75) is 0 Å². The Morgan fingerprint density at radius 1 is 0.302 bits per heavy atom. The molecule has 4 heteroatoms. The Hall–Kier alpha value is -7.17. The summed E-state index contributed by atoms with van der Waals surface area (Å²) in [5.41, 5.74) is 11.2. The van der Waals surface area contributed by atoms with E-state index in [0.29, 0.717) is 17.5 Å². The van der Waals surface area contributed by atoms with E-state index >= 15 is 0 Å². The maximum absolute atomic E-state index is 6.50. The summed E-state index contributed by atoms with van der Waals surface area (Å²) in [6, 6.07) is 65.3. The molecule has 2 aromatic heterocycles. The Bertz CT molecular complexity index is 2850. The average Bonchev–Trinajstić information content (AvgIpc) is 3.62. The number of aromatic nitrogens is 3. The first-order valence-electron chi connectivity index (χ1n) is 17.8. The summed E-state index contributed by atoms with van der Waals surface area (Å²) in [6.07, 6.45) is 0. The van der Waals surface area contributed by atoms with E-state index in [1.807, 2.05) is 78.9 Å². The smallest absolute Gasteiger partial charge is 0.164 e. The fraction of sp³-hybridized carbons (Fsp3) is 0. The lowest BCUT2D eigenvalue weighted by atomic mass is 9.94. The predicted octanol–water partition coefficient (Wildman–Crippen LogP) is 12.9. The van der Waals surface area contributed by atoms with Gasteiger partial charge in [0.25, 0.3) is 0 Å². The van der Waals surface area contributed by atoms with E-state index in [2.05, 4.69) is 109 Å². The molecule has 0 radical (unpaired) electrons. The largest absolute Gasteiger partial charge is 0.456 e. The summed E-state index contributed by atoms with van der Waals surface area (Å²) >= 11 is 0. The summed E-state index contributed by atoms with van der Waals surface area (Å²) in [5.74, 6) is 1.84. The van der Waals surface area contributed by atoms with Crippen molar-refractivity contribution < 1.29 is 4.42 Å². The maximum Gasteiger partial charge on any atom is 0.164 e. The van der Waals surface area contributed by atoms with Crippen molar-refractivity contribution in [2.24, 2.45) is 0 Å². The molecule has 0 aliphatic carbocycles. The van der Waals surface area contributed by atoms with Crippen molar-refractivity contribution in [1.29, 1.82) is 0 Å². The molecular weight excluding hydrogens is 647 g/mol. The molecule has 0 atom stereocenters. The van der Waals surface area contributed by atoms with E-state index in [4.69, 9.17) is 19.4 Å². The van der Waals surface area contributed by atoms with Gasteiger partial charge in [-0.15, -0.1) is 0 Å². The molecular formula is C49H31N3O. The van der Waals surface area contributed by atoms with Gasteiger partial charge in [0.05, 0.1) is 0 Å². The van der Waals surface area contributed by atoms with Gasteiger partial charge in [-0.25, -0.2) is 15.0 Å². The highest BCUT2D eigenvalue weighted by Crippen LogP contribution is 2.40. The lowest BCUT2D eigenvalue weighted by Crippen LogP contribution is -2.00. The van der Waals surface area contributed by atoms with E-state index in [1.165, 1.54) is 27.5 Å². The van der Waals surface area contributed by atoms with Crippen LogP contribution in [-0.4, -0.2) is 15.0 Å². The van der Waals surface area contributed by atoms with Crippen molar-refractivity contribution in [3.8, 4) is 67.5 Å². The molecule has 0 saturated carbocycles. The number of nitrogens with zero attached hydrogens (tertiary/aromatic N) is 3. The molecule has 248 valence electrons. The molecule has 4 nitrogen and oxygen atoms in total. The summed E-state index contributed by atoms with van der Waals surface area (Å²) < 4.78 is 6.50. The monoisotopic (exact) mass is 677 g/mol. The molecule has 8 aromatic carbocycles. The molecule has 10 aromatic rings. The lowest BCUT2D eigenvalue weighted by molar-refractivity contribution is 0.669. The number of fused-ring (bicyclic) bond motifs is 4. The molecule has 2 heterocycles. The minimum absolute atomic E-state index is 0.596. The molecule has 0 saturated heterocycles. The third-order valence-corrected chi connectivity index (χ3v) is 9.96. The maximum atomic E-state index is 6.50. The van der Waals surface area contributed by atoms with Crippen LogP contribution < -0.4 is 0 Å². The van der Waals surface area contributed by atoms with Gasteiger partial charge < -0.3 is 4.42 Å². The van der Waals surface area contributed by atoms with Crippen molar-refractivity contribution in [3.63, 3.8) is 0 Å². The van der Waals surface area contributed by atoms with Gasteiger partial charge in [0.15, 0.2) is 17.5 Å². The molecule has 0 bridgehead atoms. The first-order valence-corrected chi connectivity index (χ1v) is 17.8. The van der Waals surface area contributed by atoms with Crippen molar-refractivity contribution in [1.82, 2.24) is 15.0 Å². The third-order valence-electron chi connectivity index (χ3n) is 9.96. The quantitative estimate of drug-likeness (QED) is 0.176. The lowest BCUT2D eigenvalue weighted by Gasteiger charge is -2.12. The second-order valence-electron chi connectivity index (χ2n) is 13.2. The van der Waals surface area contributed by atoms with E-state index in [1.54, 1.807) is 0 Å². The second kappa shape index (κ2) is 12.9. The summed E-state index contributed by atoms with van der Waals surface area (Å²) in [7, 11) is 0. The third kappa shape index (κ3) is 5.63. The van der Waals surface area contributed by atoms with Crippen LogP contribution >= 0.6 is 0 Å². The van der Waals surface area contributed by atoms with Gasteiger partial charge >= 0.3 is 0 Å². The topological polar surface area (TPSA) is 51.8 Å². The van der Waals surface area contributed by atoms with Crippen LogP contribution in [0, 0.1) is 0 Å². The summed E-state index contributed by atoms with van der Waals surface area (Å²) in [4.78, 5) is 15.2. The Morgan fingerprint density at radius 3 is 1.47 bits per heavy atom. The van der Waals surface area contributed by atoms with E-state index in [-0.39, 0.29) is 0 Å².